The van der Waals surface area contributed by atoms with Crippen LogP contribution in [0.3, 0.4) is 0 Å². The van der Waals surface area contributed by atoms with Crippen LogP contribution in [0.25, 0.3) is 0 Å². The number of quaternary nitrogens is 2. The molecule has 188 valence electrons. The third kappa shape index (κ3) is 7.53. The van der Waals surface area contributed by atoms with Crippen LogP contribution in [-0.4, -0.2) is 17.9 Å². The highest BCUT2D eigenvalue weighted by Gasteiger charge is 2.27. The molecule has 0 aliphatic heterocycles. The van der Waals surface area contributed by atoms with Gasteiger partial charge in [-0.15, -0.1) is 5.23 Å². The second-order valence-electron chi connectivity index (χ2n) is 9.72. The lowest BCUT2D eigenvalue weighted by atomic mass is 9.94. The average Bonchev–Trinajstić information content (AvgIpc) is 2.80. The number of ether oxygens (including phenoxy) is 1. The summed E-state index contributed by atoms with van der Waals surface area (Å²) < 4.78 is 6.13. The Morgan fingerprint density at radius 1 is 0.971 bits per heavy atom. The lowest BCUT2D eigenvalue weighted by Gasteiger charge is -2.40. The number of nitrogens with zero attached hydrogens (tertiary/aromatic N) is 1. The van der Waals surface area contributed by atoms with Crippen molar-refractivity contribution in [3.05, 3.63) is 64.0 Å². The van der Waals surface area contributed by atoms with E-state index in [-0.39, 0.29) is 16.2 Å². The molecule has 0 aliphatic rings. The van der Waals surface area contributed by atoms with Crippen LogP contribution in [0.4, 0.5) is 5.69 Å². The van der Waals surface area contributed by atoms with Gasteiger partial charge in [0.15, 0.2) is 11.4 Å². The Kier molecular flexibility index (Phi) is 10.1. The Bertz CT molecular complexity index is 911. The number of nitrogens with one attached hydrogen (secondary N) is 2. The highest BCUT2D eigenvalue weighted by atomic mass is 16.9. The summed E-state index contributed by atoms with van der Waals surface area (Å²) in [5.41, 5.74) is 1.42. The van der Waals surface area contributed by atoms with Crippen LogP contribution < -0.4 is 19.9 Å². The standard InChI is InChI=1S/C27H41N3O4/c1-8-17-26(4,5)33-24-16-13-22(19-28-7)25(18-24)34-30(32)23-14-11-21(12-15-23)20-29(31)27(6,9-2)10-3/h11-16,18,29-30H,7-10,17,19-20H2,1-6H3. The predicted molar refractivity (Wildman–Crippen MR) is 137 cm³/mol. The van der Waals surface area contributed by atoms with Crippen LogP contribution in [0, 0.1) is 10.4 Å². The van der Waals surface area contributed by atoms with Crippen molar-refractivity contribution in [2.45, 2.75) is 91.5 Å². The molecule has 0 saturated heterocycles. The molecule has 0 aliphatic carbocycles. The molecule has 0 radical (unpaired) electrons. The van der Waals surface area contributed by atoms with Crippen molar-refractivity contribution in [2.24, 2.45) is 4.99 Å². The maximum absolute atomic E-state index is 12.9. The van der Waals surface area contributed by atoms with Crippen molar-refractivity contribution in [1.82, 2.24) is 0 Å². The van der Waals surface area contributed by atoms with E-state index < -0.39 is 5.23 Å². The quantitative estimate of drug-likeness (QED) is 0.317. The second-order valence-corrected chi connectivity index (χ2v) is 9.72. The highest BCUT2D eigenvalue weighted by Crippen LogP contribution is 2.29. The second kappa shape index (κ2) is 12.3. The minimum Gasteiger partial charge on any atom is -0.634 e. The number of benzene rings is 2. The minimum atomic E-state index is -0.472. The molecule has 0 bridgehead atoms. The summed E-state index contributed by atoms with van der Waals surface area (Å²) in [7, 11) is 0. The molecular formula is C27H41N3O4. The lowest BCUT2D eigenvalue weighted by Crippen LogP contribution is -3.14. The van der Waals surface area contributed by atoms with E-state index in [1.54, 1.807) is 18.2 Å². The van der Waals surface area contributed by atoms with Gasteiger partial charge in [-0.25, -0.2) is 0 Å². The molecule has 7 nitrogen and oxygen atoms in total. The zero-order valence-electron chi connectivity index (χ0n) is 21.6. The van der Waals surface area contributed by atoms with Gasteiger partial charge < -0.3 is 25.1 Å². The third-order valence-corrected chi connectivity index (χ3v) is 6.56. The summed E-state index contributed by atoms with van der Waals surface area (Å²) >= 11 is 0. The zero-order chi connectivity index (χ0) is 25.4. The van der Waals surface area contributed by atoms with Gasteiger partial charge in [0.25, 0.3) is 0 Å². The number of rotatable bonds is 14. The van der Waals surface area contributed by atoms with Crippen molar-refractivity contribution in [3.63, 3.8) is 0 Å². The largest absolute Gasteiger partial charge is 0.634 e. The van der Waals surface area contributed by atoms with Crippen LogP contribution in [0.2, 0.25) is 0 Å². The molecule has 2 rings (SSSR count). The van der Waals surface area contributed by atoms with Crippen LogP contribution in [-0.2, 0) is 13.1 Å². The van der Waals surface area contributed by atoms with Gasteiger partial charge >= 0.3 is 0 Å². The molecule has 2 N–H and O–H groups in total. The SMILES string of the molecule is C=NCc1ccc(OC(C)(C)CCC)cc1O[NH+]([O-])c1ccc(C[NH+]([O-])C(C)(CC)CC)cc1. The van der Waals surface area contributed by atoms with E-state index >= 15 is 0 Å². The number of aliphatic imine (C=N–C) groups is 1. The molecule has 0 heterocycles. The van der Waals surface area contributed by atoms with E-state index in [4.69, 9.17) is 9.57 Å². The van der Waals surface area contributed by atoms with Crippen molar-refractivity contribution < 1.29 is 19.9 Å². The zero-order valence-corrected chi connectivity index (χ0v) is 21.6. The van der Waals surface area contributed by atoms with Gasteiger partial charge in [0.2, 0.25) is 0 Å². The van der Waals surface area contributed by atoms with E-state index in [0.29, 0.717) is 30.3 Å². The Balaban J connectivity index is 2.16. The molecule has 0 fully saturated rings. The lowest BCUT2D eigenvalue weighted by molar-refractivity contribution is -0.963. The van der Waals surface area contributed by atoms with E-state index in [9.17, 15) is 10.4 Å². The van der Waals surface area contributed by atoms with Gasteiger partial charge in [0.1, 0.15) is 17.9 Å². The normalized spacial score (nSPS) is 13.9. The smallest absolute Gasteiger partial charge is 0.199 e. The van der Waals surface area contributed by atoms with E-state index in [1.165, 1.54) is 0 Å². The summed E-state index contributed by atoms with van der Waals surface area (Å²) in [6, 6.07) is 12.5. The van der Waals surface area contributed by atoms with Gasteiger partial charge in [-0.1, -0.05) is 27.2 Å². The molecule has 7 heteroatoms. The first-order valence-electron chi connectivity index (χ1n) is 12.2. The maximum atomic E-state index is 12.9. The molecule has 0 saturated carbocycles. The fourth-order valence-electron chi connectivity index (χ4n) is 3.88. The highest BCUT2D eigenvalue weighted by molar-refractivity contribution is 5.42. The maximum Gasteiger partial charge on any atom is 0.199 e. The molecule has 0 aromatic heterocycles. The van der Waals surface area contributed by atoms with Crippen LogP contribution >= 0.6 is 0 Å². The third-order valence-electron chi connectivity index (χ3n) is 6.56. The molecule has 0 amide bonds. The first kappa shape index (κ1) is 27.8. The molecule has 2 aromatic rings. The fourth-order valence-corrected chi connectivity index (χ4v) is 3.88. The number of hydroxylamine groups is 2. The molecule has 2 aromatic carbocycles. The molecule has 0 spiro atoms. The van der Waals surface area contributed by atoms with Crippen molar-refractivity contribution >= 4 is 12.4 Å². The fraction of sp³-hybridized carbons (Fsp3) is 0.519. The molecular weight excluding hydrogens is 430 g/mol. The van der Waals surface area contributed by atoms with E-state index in [1.807, 2.05) is 58.9 Å². The number of hydrogen-bond acceptors (Lipinski definition) is 5. The average molecular weight is 472 g/mol. The van der Waals surface area contributed by atoms with Gasteiger partial charge in [0.05, 0.1) is 12.1 Å². The summed E-state index contributed by atoms with van der Waals surface area (Å²) in [6.45, 7) is 16.5. The van der Waals surface area contributed by atoms with Crippen LogP contribution in [0.5, 0.6) is 11.5 Å². The van der Waals surface area contributed by atoms with Crippen LogP contribution in [0.15, 0.2) is 47.5 Å². The molecule has 34 heavy (non-hydrogen) atoms. The van der Waals surface area contributed by atoms with Crippen molar-refractivity contribution in [2.75, 3.05) is 0 Å². The minimum absolute atomic E-state index is 0.220. The first-order valence-corrected chi connectivity index (χ1v) is 12.2. The Morgan fingerprint density at radius 2 is 1.62 bits per heavy atom. The van der Waals surface area contributed by atoms with Gasteiger partial charge in [-0.3, -0.25) is 4.99 Å². The molecule has 2 atom stereocenters. The van der Waals surface area contributed by atoms with Gasteiger partial charge in [-0.05, 0) is 71.0 Å². The topological polar surface area (TPSA) is 85.8 Å². The van der Waals surface area contributed by atoms with E-state index in [0.717, 1.165) is 36.8 Å². The Labute approximate surface area is 204 Å². The predicted octanol–water partition coefficient (Wildman–Crippen LogP) is 4.31. The van der Waals surface area contributed by atoms with Gasteiger partial charge in [-0.2, -0.15) is 0 Å². The monoisotopic (exact) mass is 471 g/mol. The van der Waals surface area contributed by atoms with Crippen molar-refractivity contribution in [3.8, 4) is 11.5 Å². The summed E-state index contributed by atoms with van der Waals surface area (Å²) in [5.74, 6) is 1.04. The summed E-state index contributed by atoms with van der Waals surface area (Å²) in [6.07, 6.45) is 3.54. The Hall–Kier alpha value is -2.45. The van der Waals surface area contributed by atoms with Gasteiger partial charge in [0, 0.05) is 29.3 Å². The van der Waals surface area contributed by atoms with E-state index in [2.05, 4.69) is 18.6 Å². The Morgan fingerprint density at radius 3 is 2.18 bits per heavy atom. The van der Waals surface area contributed by atoms with Crippen LogP contribution in [0.1, 0.15) is 78.4 Å². The number of hydrogen-bond donors (Lipinski definition) is 2. The molecule has 2 unspecified atom stereocenters. The van der Waals surface area contributed by atoms with Crippen molar-refractivity contribution in [1.29, 1.82) is 0 Å². The first-order chi connectivity index (χ1) is 16.1. The summed E-state index contributed by atoms with van der Waals surface area (Å²) in [4.78, 5) is 9.67. The summed E-state index contributed by atoms with van der Waals surface area (Å²) in [5, 5.41) is 25.3.